The van der Waals surface area contributed by atoms with E-state index < -0.39 is 8.32 Å². The topological polar surface area (TPSA) is 18.5 Å². The molecule has 0 N–H and O–H groups in total. The summed E-state index contributed by atoms with van der Waals surface area (Å²) in [5.41, 5.74) is 12.1. The summed E-state index contributed by atoms with van der Waals surface area (Å²) in [6.45, 7) is 8.64. The van der Waals surface area contributed by atoms with Gasteiger partial charge in [-0.15, -0.1) is 0 Å². The van der Waals surface area contributed by atoms with Crippen LogP contribution < -0.4 is 4.74 Å². The van der Waals surface area contributed by atoms with Crippen LogP contribution in [-0.2, 0) is 10.8 Å². The van der Waals surface area contributed by atoms with Gasteiger partial charge in [-0.2, -0.15) is 0 Å². The van der Waals surface area contributed by atoms with E-state index >= 15 is 0 Å². The number of hydrogen-bond acceptors (Lipinski definition) is 2. The van der Waals surface area contributed by atoms with Crippen molar-refractivity contribution in [3.8, 4) is 28.0 Å². The van der Waals surface area contributed by atoms with Crippen molar-refractivity contribution in [1.82, 2.24) is 0 Å². The van der Waals surface area contributed by atoms with Gasteiger partial charge in [0.05, 0.1) is 0 Å². The molecule has 3 heteroatoms. The van der Waals surface area contributed by atoms with E-state index in [2.05, 4.69) is 105 Å². The van der Waals surface area contributed by atoms with Crippen molar-refractivity contribution in [3.05, 3.63) is 113 Å². The largest absolute Gasteiger partial charge is 0.466 e. The Morgan fingerprint density at radius 3 is 1.94 bits per heavy atom. The summed E-state index contributed by atoms with van der Waals surface area (Å²) >= 11 is 0. The van der Waals surface area contributed by atoms with Crippen LogP contribution in [0.4, 0.5) is 0 Å². The molecule has 2 nitrogen and oxygen atoms in total. The van der Waals surface area contributed by atoms with E-state index in [0.717, 1.165) is 12.2 Å². The maximum absolute atomic E-state index is 6.60. The predicted octanol–water partition coefficient (Wildman–Crippen LogP) is 7.99. The van der Waals surface area contributed by atoms with Crippen molar-refractivity contribution in [1.29, 1.82) is 0 Å². The number of benzene rings is 4. The molecule has 0 aromatic heterocycles. The molecule has 0 spiro atoms. The minimum atomic E-state index is -1.74. The first-order chi connectivity index (χ1) is 16.4. The van der Waals surface area contributed by atoms with Crippen LogP contribution in [0.1, 0.15) is 40.7 Å². The van der Waals surface area contributed by atoms with Gasteiger partial charge >= 0.3 is 0 Å². The molecule has 0 radical (unpaired) electrons. The van der Waals surface area contributed by atoms with E-state index in [1.54, 1.807) is 0 Å². The minimum absolute atomic E-state index is 0.144. The van der Waals surface area contributed by atoms with Gasteiger partial charge < -0.3 is 9.16 Å². The highest BCUT2D eigenvalue weighted by Gasteiger charge is 2.36. The third-order valence-electron chi connectivity index (χ3n) is 6.93. The van der Waals surface area contributed by atoms with Crippen LogP contribution in [0.15, 0.2) is 84.9 Å². The molecule has 4 aromatic rings. The van der Waals surface area contributed by atoms with E-state index in [1.807, 2.05) is 6.92 Å². The minimum Gasteiger partial charge on any atom is -0.466 e. The number of hydrogen-bond donors (Lipinski definition) is 0. The second-order valence-corrected chi connectivity index (χ2v) is 14.8. The Hall–Kier alpha value is -3.14. The summed E-state index contributed by atoms with van der Waals surface area (Å²) in [6.07, 6.45) is 0.640. The Labute approximate surface area is 203 Å². The molecule has 1 unspecified atom stereocenters. The van der Waals surface area contributed by atoms with Gasteiger partial charge in [0.1, 0.15) is 5.75 Å². The van der Waals surface area contributed by atoms with Crippen LogP contribution in [-0.4, -0.2) is 14.6 Å². The summed E-state index contributed by atoms with van der Waals surface area (Å²) in [5, 5.41) is 0. The van der Waals surface area contributed by atoms with Gasteiger partial charge in [0.25, 0.3) is 0 Å². The summed E-state index contributed by atoms with van der Waals surface area (Å²) in [7, 11) is -1.74. The Morgan fingerprint density at radius 2 is 1.29 bits per heavy atom. The predicted molar refractivity (Wildman–Crippen MR) is 142 cm³/mol. The lowest BCUT2D eigenvalue weighted by molar-refractivity contribution is 0.0149. The quantitative estimate of drug-likeness (QED) is 0.191. The van der Waals surface area contributed by atoms with Gasteiger partial charge in [0, 0.05) is 11.5 Å². The van der Waals surface area contributed by atoms with E-state index in [-0.39, 0.29) is 12.2 Å². The van der Waals surface area contributed by atoms with Crippen LogP contribution in [0, 0.1) is 0 Å². The van der Waals surface area contributed by atoms with Crippen molar-refractivity contribution in [2.24, 2.45) is 0 Å². The molecular formula is C31H30O2Si. The van der Waals surface area contributed by atoms with Crippen LogP contribution in [0.25, 0.3) is 22.3 Å². The average molecular weight is 463 g/mol. The standard InChI is InChI=1S/C31H30O2Si/c1-20(33-34(2,3)4)32-29-18-17-25-22-12-6-5-11-21(22)19-28(25)31(29)30-26-15-9-7-13-23(26)24-14-8-10-16-27(24)30/h5-18,20,30H,19H2,1-4H3. The smallest absolute Gasteiger partial charge is 0.188 e. The monoisotopic (exact) mass is 462 g/mol. The van der Waals surface area contributed by atoms with Crippen molar-refractivity contribution >= 4 is 8.32 Å². The van der Waals surface area contributed by atoms with E-state index in [9.17, 15) is 0 Å². The van der Waals surface area contributed by atoms with Crippen molar-refractivity contribution < 1.29 is 9.16 Å². The van der Waals surface area contributed by atoms with Crippen LogP contribution in [0.5, 0.6) is 5.75 Å². The van der Waals surface area contributed by atoms with Gasteiger partial charge in [-0.25, -0.2) is 0 Å². The molecule has 4 aromatic carbocycles. The molecule has 6 rings (SSSR count). The van der Waals surface area contributed by atoms with Gasteiger partial charge in [-0.05, 0) is 83.6 Å². The van der Waals surface area contributed by atoms with Gasteiger partial charge in [-0.1, -0.05) is 78.9 Å². The average Bonchev–Trinajstić information content (AvgIpc) is 3.34. The van der Waals surface area contributed by atoms with Gasteiger partial charge in [0.15, 0.2) is 14.6 Å². The lowest BCUT2D eigenvalue weighted by atomic mass is 9.84. The molecule has 0 fully saturated rings. The van der Waals surface area contributed by atoms with Crippen LogP contribution in [0.2, 0.25) is 19.6 Å². The Kier molecular flexibility index (Phi) is 5.01. The lowest BCUT2D eigenvalue weighted by Crippen LogP contribution is -2.33. The fourth-order valence-electron chi connectivity index (χ4n) is 5.80. The fourth-order valence-corrected chi connectivity index (χ4v) is 6.84. The molecule has 2 aliphatic carbocycles. The Balaban J connectivity index is 1.56. The molecule has 0 amide bonds. The maximum Gasteiger partial charge on any atom is 0.188 e. The van der Waals surface area contributed by atoms with E-state index in [0.29, 0.717) is 0 Å². The van der Waals surface area contributed by atoms with E-state index in [1.165, 1.54) is 50.1 Å². The van der Waals surface area contributed by atoms with Crippen molar-refractivity contribution in [2.75, 3.05) is 0 Å². The first-order valence-electron chi connectivity index (χ1n) is 12.2. The normalized spacial score (nSPS) is 14.8. The first-order valence-corrected chi connectivity index (χ1v) is 15.6. The zero-order chi connectivity index (χ0) is 23.4. The van der Waals surface area contributed by atoms with Crippen molar-refractivity contribution in [2.45, 2.75) is 45.2 Å². The summed E-state index contributed by atoms with van der Waals surface area (Å²) < 4.78 is 12.9. The second-order valence-electron chi connectivity index (χ2n) is 10.4. The lowest BCUT2D eigenvalue weighted by Gasteiger charge is -2.28. The molecule has 0 aliphatic heterocycles. The first kappa shape index (κ1) is 21.4. The number of ether oxygens (including phenoxy) is 1. The summed E-state index contributed by atoms with van der Waals surface area (Å²) in [6, 6.07) is 30.9. The highest BCUT2D eigenvalue weighted by molar-refractivity contribution is 6.69. The number of rotatable bonds is 5. The number of fused-ring (bicyclic) bond motifs is 6. The highest BCUT2D eigenvalue weighted by Crippen LogP contribution is 2.53. The molecule has 2 aliphatic rings. The summed E-state index contributed by atoms with van der Waals surface area (Å²) in [4.78, 5) is 0. The van der Waals surface area contributed by atoms with Gasteiger partial charge in [0.2, 0.25) is 0 Å². The third-order valence-corrected chi connectivity index (χ3v) is 7.97. The summed E-state index contributed by atoms with van der Waals surface area (Å²) in [5.74, 6) is 1.08. The molecular weight excluding hydrogens is 432 g/mol. The Bertz CT molecular complexity index is 1350. The third kappa shape index (κ3) is 3.51. The second kappa shape index (κ2) is 7.97. The fraction of sp³-hybridized carbons (Fsp3) is 0.226. The van der Waals surface area contributed by atoms with Crippen molar-refractivity contribution in [3.63, 3.8) is 0 Å². The molecule has 0 heterocycles. The molecule has 1 atom stereocenters. The highest BCUT2D eigenvalue weighted by atomic mass is 28.4. The van der Waals surface area contributed by atoms with Crippen LogP contribution >= 0.6 is 0 Å². The molecule has 170 valence electrons. The zero-order valence-electron chi connectivity index (χ0n) is 20.3. The maximum atomic E-state index is 6.60. The van der Waals surface area contributed by atoms with E-state index in [4.69, 9.17) is 9.16 Å². The molecule has 0 bridgehead atoms. The SMILES string of the molecule is CC(Oc1ccc2c(c1C1c3ccccc3-c3ccccc31)Cc1ccccc1-2)O[Si](C)(C)C. The van der Waals surface area contributed by atoms with Gasteiger partial charge in [-0.3, -0.25) is 0 Å². The molecule has 0 saturated heterocycles. The Morgan fingerprint density at radius 1 is 0.706 bits per heavy atom. The molecule has 0 saturated carbocycles. The molecule has 34 heavy (non-hydrogen) atoms. The van der Waals surface area contributed by atoms with Crippen LogP contribution in [0.3, 0.4) is 0 Å². The zero-order valence-corrected chi connectivity index (χ0v) is 21.3.